The van der Waals surface area contributed by atoms with Gasteiger partial charge in [0.15, 0.2) is 0 Å². The number of rotatable bonds is 11. The van der Waals surface area contributed by atoms with Gasteiger partial charge in [0.05, 0.1) is 38.2 Å². The van der Waals surface area contributed by atoms with E-state index in [9.17, 15) is 14.4 Å². The van der Waals surface area contributed by atoms with E-state index in [0.29, 0.717) is 36.3 Å². The van der Waals surface area contributed by atoms with Gasteiger partial charge >= 0.3 is 11.9 Å². The van der Waals surface area contributed by atoms with Crippen LogP contribution in [0.1, 0.15) is 53.2 Å². The summed E-state index contributed by atoms with van der Waals surface area (Å²) in [6.45, 7) is 8.32. The molecule has 1 aromatic rings. The number of benzene rings is 1. The first kappa shape index (κ1) is 30.5. The van der Waals surface area contributed by atoms with Gasteiger partial charge in [0.2, 0.25) is 0 Å². The number of carbonyl (C=O) groups is 3. The van der Waals surface area contributed by atoms with Crippen molar-refractivity contribution in [3.8, 4) is 5.75 Å². The molecule has 1 aromatic carbocycles. The van der Waals surface area contributed by atoms with Gasteiger partial charge in [-0.3, -0.25) is 14.5 Å². The smallest absolute Gasteiger partial charge is 0.341 e. The molecule has 2 heterocycles. The SMILES string of the molecule is COc1c(C)c2c(c(NC(=O)C(Cl)(Cl)Cl)c1CC=C(C)CCC(=O)OCCCN1CCOCC1)C(=O)OC2. The van der Waals surface area contributed by atoms with Crippen LogP contribution in [-0.2, 0) is 36.8 Å². The van der Waals surface area contributed by atoms with Gasteiger partial charge in [0.25, 0.3) is 9.70 Å². The predicted molar refractivity (Wildman–Crippen MR) is 145 cm³/mol. The number of alkyl halides is 3. The molecule has 38 heavy (non-hydrogen) atoms. The molecule has 0 saturated carbocycles. The van der Waals surface area contributed by atoms with Crippen molar-refractivity contribution in [1.29, 1.82) is 0 Å². The number of hydrogen-bond donors (Lipinski definition) is 1. The van der Waals surface area contributed by atoms with Crippen molar-refractivity contribution in [3.63, 3.8) is 0 Å². The number of morpholine rings is 1. The summed E-state index contributed by atoms with van der Waals surface area (Å²) in [5.74, 6) is -1.26. The summed E-state index contributed by atoms with van der Waals surface area (Å²) in [7, 11) is 1.50. The van der Waals surface area contributed by atoms with Crippen LogP contribution in [0, 0.1) is 6.92 Å². The third-order valence-electron chi connectivity index (χ3n) is 6.54. The highest BCUT2D eigenvalue weighted by Crippen LogP contribution is 2.42. The fourth-order valence-corrected chi connectivity index (χ4v) is 4.57. The Morgan fingerprint density at radius 1 is 1.18 bits per heavy atom. The quantitative estimate of drug-likeness (QED) is 0.173. The van der Waals surface area contributed by atoms with Crippen molar-refractivity contribution in [2.75, 3.05) is 51.9 Å². The minimum Gasteiger partial charge on any atom is -0.496 e. The van der Waals surface area contributed by atoms with Crippen LogP contribution >= 0.6 is 34.8 Å². The van der Waals surface area contributed by atoms with Crippen molar-refractivity contribution < 1.29 is 33.3 Å². The molecule has 1 N–H and O–H groups in total. The van der Waals surface area contributed by atoms with Crippen molar-refractivity contribution >= 4 is 58.3 Å². The number of halogens is 3. The second-order valence-corrected chi connectivity index (χ2v) is 11.5. The van der Waals surface area contributed by atoms with Crippen LogP contribution in [0.5, 0.6) is 5.75 Å². The van der Waals surface area contributed by atoms with Gasteiger partial charge in [0, 0.05) is 37.2 Å². The molecular formula is C26H33Cl3N2O7. The first-order chi connectivity index (χ1) is 18.0. The number of nitrogens with zero attached hydrogens (tertiary/aromatic N) is 1. The maximum atomic E-state index is 12.5. The van der Waals surface area contributed by atoms with Crippen LogP contribution in [0.2, 0.25) is 0 Å². The number of carbonyl (C=O) groups excluding carboxylic acids is 3. The number of anilines is 1. The second kappa shape index (κ2) is 13.8. The summed E-state index contributed by atoms with van der Waals surface area (Å²) in [6.07, 6.45) is 3.71. The molecule has 3 rings (SSSR count). The molecular weight excluding hydrogens is 559 g/mol. The summed E-state index contributed by atoms with van der Waals surface area (Å²) in [4.78, 5) is 39.6. The van der Waals surface area contributed by atoms with E-state index in [-0.39, 0.29) is 30.2 Å². The zero-order valence-corrected chi connectivity index (χ0v) is 24.1. The first-order valence-electron chi connectivity index (χ1n) is 12.4. The Hall–Kier alpha value is -2.04. The third-order valence-corrected chi connectivity index (χ3v) is 7.05. The maximum absolute atomic E-state index is 12.5. The maximum Gasteiger partial charge on any atom is 0.341 e. The van der Waals surface area contributed by atoms with Crippen LogP contribution in [0.15, 0.2) is 11.6 Å². The van der Waals surface area contributed by atoms with Crippen LogP contribution in [0.25, 0.3) is 0 Å². The molecule has 9 nitrogen and oxygen atoms in total. The zero-order chi connectivity index (χ0) is 27.9. The fraction of sp³-hybridized carbons (Fsp3) is 0.577. The van der Waals surface area contributed by atoms with E-state index in [1.165, 1.54) is 7.11 Å². The van der Waals surface area contributed by atoms with Crippen LogP contribution < -0.4 is 10.1 Å². The average Bonchev–Trinajstić information content (AvgIpc) is 3.27. The second-order valence-electron chi connectivity index (χ2n) is 9.18. The molecule has 0 unspecified atom stereocenters. The average molecular weight is 592 g/mol. The summed E-state index contributed by atoms with van der Waals surface area (Å²) in [5.41, 5.74) is 3.19. The molecule has 1 fully saturated rings. The Morgan fingerprint density at radius 2 is 1.89 bits per heavy atom. The van der Waals surface area contributed by atoms with E-state index < -0.39 is 15.7 Å². The lowest BCUT2D eigenvalue weighted by molar-refractivity contribution is -0.143. The highest BCUT2D eigenvalue weighted by molar-refractivity contribution is 6.76. The minimum absolute atomic E-state index is 0.0523. The zero-order valence-electron chi connectivity index (χ0n) is 21.8. The number of hydrogen-bond acceptors (Lipinski definition) is 8. The molecule has 0 radical (unpaired) electrons. The van der Waals surface area contributed by atoms with E-state index in [4.69, 9.17) is 53.8 Å². The lowest BCUT2D eigenvalue weighted by atomic mass is 9.93. The van der Waals surface area contributed by atoms with Gasteiger partial charge in [-0.15, -0.1) is 0 Å². The van der Waals surface area contributed by atoms with Gasteiger partial charge in [-0.2, -0.15) is 0 Å². The van der Waals surface area contributed by atoms with Gasteiger partial charge in [0.1, 0.15) is 12.4 Å². The van der Waals surface area contributed by atoms with Gasteiger partial charge in [-0.25, -0.2) is 4.79 Å². The van der Waals surface area contributed by atoms with Crippen molar-refractivity contribution in [2.45, 2.75) is 49.9 Å². The Morgan fingerprint density at radius 3 is 2.55 bits per heavy atom. The summed E-state index contributed by atoms with van der Waals surface area (Å²) >= 11 is 17.3. The monoisotopic (exact) mass is 590 g/mol. The molecule has 0 aliphatic carbocycles. The number of nitrogens with one attached hydrogen (secondary N) is 1. The number of amides is 1. The highest BCUT2D eigenvalue weighted by atomic mass is 35.6. The molecule has 12 heteroatoms. The number of cyclic esters (lactones) is 1. The Balaban J connectivity index is 1.66. The highest BCUT2D eigenvalue weighted by Gasteiger charge is 2.36. The number of methoxy groups -OCH3 is 1. The van der Waals surface area contributed by atoms with Crippen molar-refractivity contribution in [3.05, 3.63) is 33.9 Å². The normalized spacial score (nSPS) is 16.2. The standard InChI is InChI=1S/C26H33Cl3N2O7/c1-16(6-8-20(32)37-12-4-9-31-10-13-36-14-11-31)5-7-18-22(30-25(34)26(27,28)29)21-19(15-38-24(21)33)17(2)23(18)35-3/h5H,4,6-15H2,1-3H3,(H,30,34). The summed E-state index contributed by atoms with van der Waals surface area (Å²) in [5, 5.41) is 2.58. The number of allylic oxidation sites excluding steroid dienone is 2. The summed E-state index contributed by atoms with van der Waals surface area (Å²) in [6, 6.07) is 0. The molecule has 2 aliphatic heterocycles. The third kappa shape index (κ3) is 7.99. The van der Waals surface area contributed by atoms with Crippen LogP contribution in [0.3, 0.4) is 0 Å². The lowest BCUT2D eigenvalue weighted by Gasteiger charge is -2.26. The number of esters is 2. The van der Waals surface area contributed by atoms with E-state index in [1.807, 2.05) is 19.9 Å². The molecule has 0 bridgehead atoms. The largest absolute Gasteiger partial charge is 0.496 e. The van der Waals surface area contributed by atoms with Crippen molar-refractivity contribution in [1.82, 2.24) is 4.90 Å². The molecule has 210 valence electrons. The Bertz CT molecular complexity index is 1080. The van der Waals surface area contributed by atoms with E-state index in [1.54, 1.807) is 0 Å². The number of ether oxygens (including phenoxy) is 4. The van der Waals surface area contributed by atoms with Gasteiger partial charge < -0.3 is 24.3 Å². The molecule has 1 saturated heterocycles. The molecule has 0 atom stereocenters. The Labute approximate surface area is 237 Å². The Kier molecular flexibility index (Phi) is 11.1. The first-order valence-corrected chi connectivity index (χ1v) is 13.5. The minimum atomic E-state index is -2.24. The van der Waals surface area contributed by atoms with E-state index in [2.05, 4.69) is 10.2 Å². The topological polar surface area (TPSA) is 103 Å². The predicted octanol–water partition coefficient (Wildman–Crippen LogP) is 4.52. The van der Waals surface area contributed by atoms with Gasteiger partial charge in [-0.1, -0.05) is 46.5 Å². The summed E-state index contributed by atoms with van der Waals surface area (Å²) < 4.78 is 19.3. The number of fused-ring (bicyclic) bond motifs is 1. The lowest BCUT2D eigenvalue weighted by Crippen LogP contribution is -2.37. The fourth-order valence-electron chi connectivity index (χ4n) is 4.42. The van der Waals surface area contributed by atoms with E-state index in [0.717, 1.165) is 50.4 Å². The van der Waals surface area contributed by atoms with Crippen LogP contribution in [-0.4, -0.2) is 73.1 Å². The molecule has 1 amide bonds. The molecule has 2 aliphatic rings. The van der Waals surface area contributed by atoms with E-state index >= 15 is 0 Å². The molecule has 0 aromatic heterocycles. The van der Waals surface area contributed by atoms with Gasteiger partial charge in [-0.05, 0) is 38.7 Å². The van der Waals surface area contributed by atoms with Crippen molar-refractivity contribution in [2.24, 2.45) is 0 Å². The van der Waals surface area contributed by atoms with Crippen LogP contribution in [0.4, 0.5) is 5.69 Å². The molecule has 0 spiro atoms.